The van der Waals surface area contributed by atoms with Crippen LogP contribution in [-0.4, -0.2) is 52.1 Å². The van der Waals surface area contributed by atoms with E-state index < -0.39 is 0 Å². The topological polar surface area (TPSA) is 69.5 Å². The normalized spacial score (nSPS) is 13.5. The van der Waals surface area contributed by atoms with E-state index in [-0.39, 0.29) is 5.91 Å². The maximum Gasteiger partial charge on any atom is 0.233 e. The molecule has 0 fully saturated rings. The minimum absolute atomic E-state index is 0.0910. The molecule has 0 radical (unpaired) electrons. The van der Waals surface area contributed by atoms with Gasteiger partial charge in [0.05, 0.1) is 20.0 Å². The highest BCUT2D eigenvalue weighted by Crippen LogP contribution is 2.28. The summed E-state index contributed by atoms with van der Waals surface area (Å²) in [6.45, 7) is 4.12. The number of hydrogen-bond donors (Lipinski definition) is 0. The van der Waals surface area contributed by atoms with Crippen LogP contribution < -0.4 is 9.47 Å². The number of methoxy groups -OCH3 is 2. The number of fused-ring (bicyclic) bond motifs is 1. The van der Waals surface area contributed by atoms with Crippen molar-refractivity contribution in [3.05, 3.63) is 29.6 Å². The average molecular weight is 405 g/mol. The third-order valence-corrected chi connectivity index (χ3v) is 5.91. The van der Waals surface area contributed by atoms with Crippen molar-refractivity contribution in [3.63, 3.8) is 0 Å². The molecule has 0 saturated heterocycles. The largest absolute Gasteiger partial charge is 0.493 e. The summed E-state index contributed by atoms with van der Waals surface area (Å²) in [5.41, 5.74) is 1.01. The Hall–Kier alpha value is -2.22. The summed E-state index contributed by atoms with van der Waals surface area (Å²) in [6, 6.07) is 5.75. The highest BCUT2D eigenvalue weighted by molar-refractivity contribution is 7.99. The van der Waals surface area contributed by atoms with Gasteiger partial charge in [-0.15, -0.1) is 10.2 Å². The summed E-state index contributed by atoms with van der Waals surface area (Å²) in [5.74, 6) is 2.85. The Morgan fingerprint density at radius 3 is 2.75 bits per heavy atom. The van der Waals surface area contributed by atoms with Crippen LogP contribution in [0.3, 0.4) is 0 Å². The lowest BCUT2D eigenvalue weighted by Gasteiger charge is -2.21. The first-order valence-corrected chi connectivity index (χ1v) is 10.7. The summed E-state index contributed by atoms with van der Waals surface area (Å²) >= 11 is 1.48. The first kappa shape index (κ1) is 20.5. The molecular weight excluding hydrogens is 376 g/mol. The molecule has 3 rings (SSSR count). The molecule has 2 heterocycles. The van der Waals surface area contributed by atoms with Gasteiger partial charge in [-0.1, -0.05) is 24.2 Å². The first-order chi connectivity index (χ1) is 13.7. The molecule has 152 valence electrons. The second-order valence-corrected chi connectivity index (χ2v) is 7.69. The van der Waals surface area contributed by atoms with Crippen LogP contribution in [0, 0.1) is 0 Å². The molecule has 8 heteroatoms. The number of amides is 1. The number of thioether (sulfide) groups is 1. The molecule has 0 atom stereocenters. The Balaban J connectivity index is 1.62. The fourth-order valence-electron chi connectivity index (χ4n) is 3.36. The number of hydrogen-bond acceptors (Lipinski definition) is 6. The van der Waals surface area contributed by atoms with E-state index in [2.05, 4.69) is 14.8 Å². The van der Waals surface area contributed by atoms with Gasteiger partial charge < -0.3 is 18.9 Å². The summed E-state index contributed by atoms with van der Waals surface area (Å²) in [4.78, 5) is 14.6. The van der Waals surface area contributed by atoms with E-state index in [9.17, 15) is 4.79 Å². The van der Waals surface area contributed by atoms with Crippen LogP contribution in [0.25, 0.3) is 0 Å². The lowest BCUT2D eigenvalue weighted by atomic mass is 10.2. The zero-order valence-corrected chi connectivity index (χ0v) is 17.6. The quantitative estimate of drug-likeness (QED) is 0.630. The number of ether oxygens (including phenoxy) is 2. The number of nitrogens with zero attached hydrogens (tertiary/aromatic N) is 4. The highest BCUT2D eigenvalue weighted by Gasteiger charge is 2.18. The average Bonchev–Trinajstić information content (AvgIpc) is 2.95. The van der Waals surface area contributed by atoms with Crippen LogP contribution in [0.1, 0.15) is 37.6 Å². The lowest BCUT2D eigenvalue weighted by molar-refractivity contribution is -0.128. The van der Waals surface area contributed by atoms with Crippen molar-refractivity contribution in [2.75, 3.05) is 26.5 Å². The molecule has 1 aliphatic heterocycles. The third kappa shape index (κ3) is 4.79. The smallest absolute Gasteiger partial charge is 0.233 e. The van der Waals surface area contributed by atoms with Gasteiger partial charge in [-0.2, -0.15) is 0 Å². The van der Waals surface area contributed by atoms with E-state index in [1.165, 1.54) is 18.2 Å². The fourth-order valence-corrected chi connectivity index (χ4v) is 4.24. The fraction of sp³-hybridized carbons (Fsp3) is 0.550. The van der Waals surface area contributed by atoms with Crippen LogP contribution in [0.4, 0.5) is 0 Å². The van der Waals surface area contributed by atoms with Crippen molar-refractivity contribution in [1.29, 1.82) is 0 Å². The van der Waals surface area contributed by atoms with Crippen LogP contribution in [-0.2, 0) is 24.3 Å². The Morgan fingerprint density at radius 2 is 2.00 bits per heavy atom. The molecule has 2 aromatic rings. The van der Waals surface area contributed by atoms with Gasteiger partial charge in [0, 0.05) is 26.1 Å². The van der Waals surface area contributed by atoms with Crippen LogP contribution >= 0.6 is 11.8 Å². The Kier molecular flexibility index (Phi) is 7.19. The van der Waals surface area contributed by atoms with E-state index in [4.69, 9.17) is 9.47 Å². The second-order valence-electron chi connectivity index (χ2n) is 6.75. The monoisotopic (exact) mass is 404 g/mol. The molecule has 1 aromatic heterocycles. The molecule has 0 unspecified atom stereocenters. The van der Waals surface area contributed by atoms with Gasteiger partial charge in [-0.05, 0) is 37.5 Å². The van der Waals surface area contributed by atoms with E-state index in [1.54, 1.807) is 14.2 Å². The zero-order valence-electron chi connectivity index (χ0n) is 16.8. The van der Waals surface area contributed by atoms with Crippen molar-refractivity contribution < 1.29 is 14.3 Å². The Labute approximate surface area is 170 Å². The maximum absolute atomic E-state index is 12.8. The molecule has 0 bridgehead atoms. The summed E-state index contributed by atoms with van der Waals surface area (Å²) < 4.78 is 12.8. The Bertz CT molecular complexity index is 809. The number of rotatable bonds is 8. The van der Waals surface area contributed by atoms with Gasteiger partial charge in [0.1, 0.15) is 5.82 Å². The predicted octanol–water partition coefficient (Wildman–Crippen LogP) is 3.16. The minimum atomic E-state index is 0.0910. The number of carbonyl (C=O) groups is 1. The van der Waals surface area contributed by atoms with E-state index in [0.29, 0.717) is 30.3 Å². The number of carbonyl (C=O) groups excluding carboxylic acids is 1. The number of aromatic nitrogens is 3. The van der Waals surface area contributed by atoms with Crippen molar-refractivity contribution in [1.82, 2.24) is 19.7 Å². The maximum atomic E-state index is 12.8. The van der Waals surface area contributed by atoms with Crippen LogP contribution in [0.15, 0.2) is 23.4 Å². The lowest BCUT2D eigenvalue weighted by Crippen LogP contribution is -2.31. The van der Waals surface area contributed by atoms with Gasteiger partial charge in [-0.25, -0.2) is 0 Å². The van der Waals surface area contributed by atoms with Gasteiger partial charge in [0.2, 0.25) is 5.91 Å². The van der Waals surface area contributed by atoms with Gasteiger partial charge >= 0.3 is 0 Å². The predicted molar refractivity (Wildman–Crippen MR) is 109 cm³/mol. The molecule has 0 saturated carbocycles. The first-order valence-electron chi connectivity index (χ1n) is 9.69. The molecule has 1 amide bonds. The minimum Gasteiger partial charge on any atom is -0.493 e. The Morgan fingerprint density at radius 1 is 1.18 bits per heavy atom. The van der Waals surface area contributed by atoms with Crippen molar-refractivity contribution >= 4 is 17.7 Å². The molecular formula is C20H28N4O3S. The van der Waals surface area contributed by atoms with E-state index in [0.717, 1.165) is 42.4 Å². The van der Waals surface area contributed by atoms with Crippen LogP contribution in [0.5, 0.6) is 11.5 Å². The molecule has 0 N–H and O–H groups in total. The molecule has 1 aromatic carbocycles. The summed E-state index contributed by atoms with van der Waals surface area (Å²) in [6.07, 6.45) is 4.51. The van der Waals surface area contributed by atoms with Gasteiger partial charge in [-0.3, -0.25) is 4.79 Å². The SMILES string of the molecule is CCN(Cc1ccc(OC)c(OC)c1)C(=O)CSc1nnc2n1CCCCC2. The highest BCUT2D eigenvalue weighted by atomic mass is 32.2. The van der Waals surface area contributed by atoms with Crippen molar-refractivity contribution in [2.45, 2.75) is 50.9 Å². The summed E-state index contributed by atoms with van der Waals surface area (Å²) in [7, 11) is 3.23. The van der Waals surface area contributed by atoms with Gasteiger partial charge in [0.15, 0.2) is 16.7 Å². The zero-order chi connectivity index (χ0) is 19.9. The third-order valence-electron chi connectivity index (χ3n) is 4.96. The van der Waals surface area contributed by atoms with Crippen molar-refractivity contribution in [2.24, 2.45) is 0 Å². The van der Waals surface area contributed by atoms with E-state index >= 15 is 0 Å². The molecule has 7 nitrogen and oxygen atoms in total. The molecule has 28 heavy (non-hydrogen) atoms. The second kappa shape index (κ2) is 9.82. The molecule has 0 aliphatic carbocycles. The molecule has 1 aliphatic rings. The van der Waals surface area contributed by atoms with Crippen molar-refractivity contribution in [3.8, 4) is 11.5 Å². The number of benzene rings is 1. The summed E-state index contributed by atoms with van der Waals surface area (Å²) in [5, 5.41) is 9.46. The van der Waals surface area contributed by atoms with Gasteiger partial charge in [0.25, 0.3) is 0 Å². The number of aryl methyl sites for hydroxylation is 1. The molecule has 0 spiro atoms. The standard InChI is InChI=1S/C20H28N4O3S/c1-4-23(13-15-9-10-16(26-2)17(12-15)27-3)19(25)14-28-20-22-21-18-8-6-5-7-11-24(18)20/h9-10,12H,4-8,11,13-14H2,1-3H3. The van der Waals surface area contributed by atoms with Crippen LogP contribution in [0.2, 0.25) is 0 Å². The van der Waals surface area contributed by atoms with E-state index in [1.807, 2.05) is 30.0 Å².